The van der Waals surface area contributed by atoms with E-state index in [1.807, 2.05) is 0 Å². The molecule has 2 aromatic rings. The van der Waals surface area contributed by atoms with Crippen molar-refractivity contribution in [2.24, 2.45) is 0 Å². The van der Waals surface area contributed by atoms with Crippen molar-refractivity contribution in [3.05, 3.63) is 58.1 Å². The molecule has 2 rings (SSSR count). The van der Waals surface area contributed by atoms with Gasteiger partial charge >= 0.3 is 5.69 Å². The Morgan fingerprint density at radius 3 is 2.65 bits per heavy atom. The van der Waals surface area contributed by atoms with Gasteiger partial charge in [0.25, 0.3) is 5.91 Å². The number of hydrogen-bond acceptors (Lipinski definition) is 5. The number of nitrogens with one attached hydrogen (secondary N) is 1. The zero-order valence-electron chi connectivity index (χ0n) is 12.7. The maximum absolute atomic E-state index is 12.0. The maximum Gasteiger partial charge on any atom is 0.310 e. The zero-order valence-corrected chi connectivity index (χ0v) is 12.7. The molecule has 7 nitrogen and oxygen atoms in total. The number of nitrogens with zero attached hydrogens (tertiary/aromatic N) is 1. The molecule has 0 saturated carbocycles. The van der Waals surface area contributed by atoms with Gasteiger partial charge in [-0.1, -0.05) is 18.2 Å². The number of aryl methyl sites for hydroxylation is 1. The van der Waals surface area contributed by atoms with Crippen molar-refractivity contribution >= 4 is 17.3 Å². The van der Waals surface area contributed by atoms with Gasteiger partial charge in [0.1, 0.15) is 5.75 Å². The number of amides is 1. The molecule has 1 N–H and O–H groups in total. The Labute approximate surface area is 133 Å². The van der Waals surface area contributed by atoms with Crippen LogP contribution in [-0.2, 0) is 4.79 Å². The summed E-state index contributed by atoms with van der Waals surface area (Å²) in [6.45, 7) is 1.44. The minimum absolute atomic E-state index is 0.0603. The van der Waals surface area contributed by atoms with Crippen molar-refractivity contribution in [2.45, 2.75) is 6.92 Å². The van der Waals surface area contributed by atoms with Crippen molar-refractivity contribution in [3.63, 3.8) is 0 Å². The highest BCUT2D eigenvalue weighted by Crippen LogP contribution is 2.28. The van der Waals surface area contributed by atoms with Crippen LogP contribution >= 0.6 is 0 Å². The van der Waals surface area contributed by atoms with E-state index in [4.69, 9.17) is 9.47 Å². The summed E-state index contributed by atoms with van der Waals surface area (Å²) in [4.78, 5) is 22.4. The molecule has 0 unspecified atom stereocenters. The fraction of sp³-hybridized carbons (Fsp3) is 0.188. The molecular weight excluding hydrogens is 300 g/mol. The number of nitro benzene ring substituents is 1. The SMILES string of the molecule is COc1ccccc1NC(=O)COc1cc(C)ccc1[N+](=O)[O-]. The van der Waals surface area contributed by atoms with E-state index < -0.39 is 10.8 Å². The summed E-state index contributed by atoms with van der Waals surface area (Å²) in [5.74, 6) is 0.137. The first-order valence-electron chi connectivity index (χ1n) is 6.82. The lowest BCUT2D eigenvalue weighted by atomic mass is 10.2. The van der Waals surface area contributed by atoms with E-state index in [1.165, 1.54) is 19.2 Å². The highest BCUT2D eigenvalue weighted by atomic mass is 16.6. The third-order valence-electron chi connectivity index (χ3n) is 3.05. The average molecular weight is 316 g/mol. The Balaban J connectivity index is 2.05. The van der Waals surface area contributed by atoms with Gasteiger partial charge in [-0.05, 0) is 30.7 Å². The second kappa shape index (κ2) is 7.26. The largest absolute Gasteiger partial charge is 0.495 e. The number of carbonyl (C=O) groups excluding carboxylic acids is 1. The number of methoxy groups -OCH3 is 1. The monoisotopic (exact) mass is 316 g/mol. The minimum Gasteiger partial charge on any atom is -0.495 e. The van der Waals surface area contributed by atoms with Crippen LogP contribution in [0.25, 0.3) is 0 Å². The first-order valence-corrected chi connectivity index (χ1v) is 6.82. The van der Waals surface area contributed by atoms with Crippen LogP contribution < -0.4 is 14.8 Å². The smallest absolute Gasteiger partial charge is 0.310 e. The molecule has 0 atom stereocenters. The van der Waals surface area contributed by atoms with Gasteiger partial charge in [0.2, 0.25) is 0 Å². The topological polar surface area (TPSA) is 90.7 Å². The predicted octanol–water partition coefficient (Wildman–Crippen LogP) is 2.93. The van der Waals surface area contributed by atoms with Crippen molar-refractivity contribution in [1.29, 1.82) is 0 Å². The number of ether oxygens (including phenoxy) is 2. The first-order chi connectivity index (χ1) is 11.0. The van der Waals surface area contributed by atoms with Crippen molar-refractivity contribution in [3.8, 4) is 11.5 Å². The maximum atomic E-state index is 12.0. The third-order valence-corrected chi connectivity index (χ3v) is 3.05. The van der Waals surface area contributed by atoms with E-state index in [2.05, 4.69) is 5.32 Å². The van der Waals surface area contributed by atoms with Gasteiger partial charge in [-0.25, -0.2) is 0 Å². The van der Waals surface area contributed by atoms with Crippen LogP contribution in [-0.4, -0.2) is 24.5 Å². The summed E-state index contributed by atoms with van der Waals surface area (Å²) in [5.41, 5.74) is 1.12. The molecule has 0 aliphatic carbocycles. The van der Waals surface area contributed by atoms with E-state index in [0.29, 0.717) is 11.4 Å². The molecule has 120 valence electrons. The second-order valence-corrected chi connectivity index (χ2v) is 4.77. The lowest BCUT2D eigenvalue weighted by molar-refractivity contribution is -0.385. The molecule has 0 heterocycles. The lowest BCUT2D eigenvalue weighted by Crippen LogP contribution is -2.20. The number of benzene rings is 2. The lowest BCUT2D eigenvalue weighted by Gasteiger charge is -2.11. The van der Waals surface area contributed by atoms with Crippen LogP contribution in [0, 0.1) is 17.0 Å². The zero-order chi connectivity index (χ0) is 16.8. The highest BCUT2D eigenvalue weighted by Gasteiger charge is 2.16. The number of hydrogen-bond donors (Lipinski definition) is 1. The molecule has 0 radical (unpaired) electrons. The average Bonchev–Trinajstić information content (AvgIpc) is 2.53. The van der Waals surface area contributed by atoms with Crippen molar-refractivity contribution < 1.29 is 19.2 Å². The van der Waals surface area contributed by atoms with Crippen LogP contribution in [0.5, 0.6) is 11.5 Å². The molecule has 0 aliphatic heterocycles. The molecule has 0 aromatic heterocycles. The Bertz CT molecular complexity index is 730. The summed E-state index contributed by atoms with van der Waals surface area (Å²) < 4.78 is 10.4. The van der Waals surface area contributed by atoms with Crippen molar-refractivity contribution in [2.75, 3.05) is 19.0 Å². The number of anilines is 1. The molecule has 7 heteroatoms. The Kier molecular flexibility index (Phi) is 5.14. The summed E-state index contributed by atoms with van der Waals surface area (Å²) >= 11 is 0. The molecule has 23 heavy (non-hydrogen) atoms. The molecule has 2 aromatic carbocycles. The van der Waals surface area contributed by atoms with E-state index >= 15 is 0 Å². The number of carbonyl (C=O) groups is 1. The van der Waals surface area contributed by atoms with Gasteiger partial charge in [0, 0.05) is 6.07 Å². The standard InChI is InChI=1S/C16H16N2O5/c1-11-7-8-13(18(20)21)15(9-11)23-10-16(19)17-12-5-3-4-6-14(12)22-2/h3-9H,10H2,1-2H3,(H,17,19). The number of para-hydroxylation sites is 2. The second-order valence-electron chi connectivity index (χ2n) is 4.77. The molecular formula is C16H16N2O5. The summed E-state index contributed by atoms with van der Waals surface area (Å²) in [5, 5.41) is 13.6. The molecule has 0 bridgehead atoms. The first kappa shape index (κ1) is 16.3. The van der Waals surface area contributed by atoms with Gasteiger partial charge in [-0.2, -0.15) is 0 Å². The van der Waals surface area contributed by atoms with Gasteiger partial charge in [-0.15, -0.1) is 0 Å². The normalized spacial score (nSPS) is 10.0. The van der Waals surface area contributed by atoms with Gasteiger partial charge in [0.05, 0.1) is 17.7 Å². The predicted molar refractivity (Wildman–Crippen MR) is 85.0 cm³/mol. The fourth-order valence-electron chi connectivity index (χ4n) is 1.97. The van der Waals surface area contributed by atoms with E-state index in [9.17, 15) is 14.9 Å². The summed E-state index contributed by atoms with van der Waals surface area (Å²) in [7, 11) is 1.50. The summed E-state index contributed by atoms with van der Waals surface area (Å²) in [6.07, 6.45) is 0. The Hall–Kier alpha value is -3.09. The van der Waals surface area contributed by atoms with E-state index in [-0.39, 0.29) is 18.0 Å². The fourth-order valence-corrected chi connectivity index (χ4v) is 1.97. The van der Waals surface area contributed by atoms with Gasteiger partial charge < -0.3 is 14.8 Å². The minimum atomic E-state index is -0.549. The Morgan fingerprint density at radius 2 is 1.96 bits per heavy atom. The Morgan fingerprint density at radius 1 is 1.22 bits per heavy atom. The number of nitro groups is 1. The van der Waals surface area contributed by atoms with E-state index in [1.54, 1.807) is 37.3 Å². The number of rotatable bonds is 6. The van der Waals surface area contributed by atoms with Crippen LogP contribution in [0.4, 0.5) is 11.4 Å². The molecule has 0 spiro atoms. The van der Waals surface area contributed by atoms with Gasteiger partial charge in [-0.3, -0.25) is 14.9 Å². The van der Waals surface area contributed by atoms with Crippen LogP contribution in [0.2, 0.25) is 0 Å². The molecule has 0 saturated heterocycles. The van der Waals surface area contributed by atoms with Crippen LogP contribution in [0.15, 0.2) is 42.5 Å². The highest BCUT2D eigenvalue weighted by molar-refractivity contribution is 5.93. The van der Waals surface area contributed by atoms with Crippen LogP contribution in [0.3, 0.4) is 0 Å². The van der Waals surface area contributed by atoms with Crippen LogP contribution in [0.1, 0.15) is 5.56 Å². The molecule has 0 fully saturated rings. The quantitative estimate of drug-likeness (QED) is 0.653. The van der Waals surface area contributed by atoms with E-state index in [0.717, 1.165) is 5.56 Å². The van der Waals surface area contributed by atoms with Gasteiger partial charge in [0.15, 0.2) is 12.4 Å². The third kappa shape index (κ3) is 4.19. The van der Waals surface area contributed by atoms with Crippen molar-refractivity contribution in [1.82, 2.24) is 0 Å². The molecule has 0 aliphatic rings. The summed E-state index contributed by atoms with van der Waals surface area (Å²) in [6, 6.07) is 11.4. The molecule has 1 amide bonds.